The SMILES string of the molecule is COc1cc(C(C)C)c(O)cc1NC(N)=O. The molecule has 5 heteroatoms. The number of hydrogen-bond acceptors (Lipinski definition) is 3. The Balaban J connectivity index is 3.20. The Kier molecular flexibility index (Phi) is 3.60. The summed E-state index contributed by atoms with van der Waals surface area (Å²) in [4.78, 5) is 10.7. The zero-order chi connectivity index (χ0) is 12.3. The van der Waals surface area contributed by atoms with Crippen LogP contribution in [0.5, 0.6) is 11.5 Å². The van der Waals surface area contributed by atoms with Gasteiger partial charge in [-0.15, -0.1) is 0 Å². The van der Waals surface area contributed by atoms with E-state index in [0.29, 0.717) is 11.4 Å². The number of benzene rings is 1. The lowest BCUT2D eigenvalue weighted by Gasteiger charge is -2.14. The largest absolute Gasteiger partial charge is 0.508 e. The monoisotopic (exact) mass is 224 g/mol. The Morgan fingerprint density at radius 2 is 2.12 bits per heavy atom. The number of amides is 2. The summed E-state index contributed by atoms with van der Waals surface area (Å²) < 4.78 is 5.11. The normalized spacial score (nSPS) is 10.2. The lowest BCUT2D eigenvalue weighted by atomic mass is 10.0. The Bertz CT molecular complexity index is 402. The van der Waals surface area contributed by atoms with Gasteiger partial charge in [-0.2, -0.15) is 0 Å². The molecule has 0 saturated heterocycles. The van der Waals surface area contributed by atoms with Gasteiger partial charge in [-0.05, 0) is 12.0 Å². The van der Waals surface area contributed by atoms with Gasteiger partial charge in [0.05, 0.1) is 12.8 Å². The molecule has 0 spiro atoms. The number of phenols is 1. The number of phenolic OH excluding ortho intramolecular Hbond substituents is 1. The third kappa shape index (κ3) is 2.56. The van der Waals surface area contributed by atoms with Crippen LogP contribution in [0.3, 0.4) is 0 Å². The van der Waals surface area contributed by atoms with E-state index in [-0.39, 0.29) is 11.7 Å². The number of nitrogens with two attached hydrogens (primary N) is 1. The summed E-state index contributed by atoms with van der Waals surface area (Å²) >= 11 is 0. The van der Waals surface area contributed by atoms with E-state index in [1.807, 2.05) is 13.8 Å². The topological polar surface area (TPSA) is 84.6 Å². The molecule has 5 nitrogen and oxygen atoms in total. The van der Waals surface area contributed by atoms with Crippen LogP contribution in [0.25, 0.3) is 0 Å². The second-order valence-corrected chi connectivity index (χ2v) is 3.76. The summed E-state index contributed by atoms with van der Waals surface area (Å²) in [5.41, 5.74) is 6.12. The average molecular weight is 224 g/mol. The van der Waals surface area contributed by atoms with E-state index in [4.69, 9.17) is 10.5 Å². The van der Waals surface area contributed by atoms with Gasteiger partial charge in [0, 0.05) is 11.6 Å². The van der Waals surface area contributed by atoms with Crippen molar-refractivity contribution in [3.8, 4) is 11.5 Å². The van der Waals surface area contributed by atoms with Crippen molar-refractivity contribution >= 4 is 11.7 Å². The number of carbonyl (C=O) groups is 1. The third-order valence-corrected chi connectivity index (χ3v) is 2.23. The van der Waals surface area contributed by atoms with E-state index in [1.165, 1.54) is 13.2 Å². The van der Waals surface area contributed by atoms with Crippen LogP contribution in [0.1, 0.15) is 25.3 Å². The first-order valence-corrected chi connectivity index (χ1v) is 4.93. The molecule has 4 N–H and O–H groups in total. The number of methoxy groups -OCH3 is 1. The summed E-state index contributed by atoms with van der Waals surface area (Å²) in [5.74, 6) is 0.747. The minimum absolute atomic E-state index is 0.111. The van der Waals surface area contributed by atoms with Crippen molar-refractivity contribution < 1.29 is 14.6 Å². The minimum Gasteiger partial charge on any atom is -0.508 e. The number of ether oxygens (including phenoxy) is 1. The van der Waals surface area contributed by atoms with Gasteiger partial charge in [0.1, 0.15) is 11.5 Å². The number of aromatic hydroxyl groups is 1. The molecular formula is C11H16N2O3. The Labute approximate surface area is 94.2 Å². The van der Waals surface area contributed by atoms with Crippen LogP contribution >= 0.6 is 0 Å². The lowest BCUT2D eigenvalue weighted by Crippen LogP contribution is -2.19. The zero-order valence-electron chi connectivity index (χ0n) is 9.57. The van der Waals surface area contributed by atoms with E-state index < -0.39 is 6.03 Å². The summed E-state index contributed by atoms with van der Waals surface area (Å²) in [6.45, 7) is 3.91. The lowest BCUT2D eigenvalue weighted by molar-refractivity contribution is 0.259. The van der Waals surface area contributed by atoms with Gasteiger partial charge in [0.15, 0.2) is 0 Å². The fourth-order valence-electron chi connectivity index (χ4n) is 1.45. The van der Waals surface area contributed by atoms with E-state index in [9.17, 15) is 9.90 Å². The molecule has 1 rings (SSSR count). The van der Waals surface area contributed by atoms with Gasteiger partial charge in [-0.1, -0.05) is 13.8 Å². The fourth-order valence-corrected chi connectivity index (χ4v) is 1.45. The molecular weight excluding hydrogens is 208 g/mol. The highest BCUT2D eigenvalue weighted by atomic mass is 16.5. The zero-order valence-corrected chi connectivity index (χ0v) is 9.57. The van der Waals surface area contributed by atoms with Gasteiger partial charge in [0.2, 0.25) is 0 Å². The van der Waals surface area contributed by atoms with Gasteiger partial charge in [-0.3, -0.25) is 0 Å². The van der Waals surface area contributed by atoms with Crippen LogP contribution in [0.2, 0.25) is 0 Å². The first-order chi connectivity index (χ1) is 7.45. The van der Waals surface area contributed by atoms with Gasteiger partial charge in [0.25, 0.3) is 0 Å². The Hall–Kier alpha value is -1.91. The average Bonchev–Trinajstić information content (AvgIpc) is 2.16. The van der Waals surface area contributed by atoms with Crippen LogP contribution < -0.4 is 15.8 Å². The van der Waals surface area contributed by atoms with E-state index >= 15 is 0 Å². The van der Waals surface area contributed by atoms with Crippen molar-refractivity contribution in [1.29, 1.82) is 0 Å². The van der Waals surface area contributed by atoms with Crippen LogP contribution in [0, 0.1) is 0 Å². The second-order valence-electron chi connectivity index (χ2n) is 3.76. The first kappa shape index (κ1) is 12.2. The maximum absolute atomic E-state index is 10.7. The summed E-state index contributed by atoms with van der Waals surface area (Å²) in [6, 6.07) is 2.42. The van der Waals surface area contributed by atoms with E-state index in [2.05, 4.69) is 5.32 Å². The molecule has 16 heavy (non-hydrogen) atoms. The van der Waals surface area contributed by atoms with Gasteiger partial charge < -0.3 is 20.9 Å². The first-order valence-electron chi connectivity index (χ1n) is 4.93. The number of anilines is 1. The quantitative estimate of drug-likeness (QED) is 0.734. The molecule has 0 atom stereocenters. The number of urea groups is 1. The van der Waals surface area contributed by atoms with E-state index in [1.54, 1.807) is 6.07 Å². The maximum Gasteiger partial charge on any atom is 0.316 e. The second kappa shape index (κ2) is 4.74. The predicted molar refractivity (Wildman–Crippen MR) is 62.0 cm³/mol. The Morgan fingerprint density at radius 3 is 2.56 bits per heavy atom. The van der Waals surface area contributed by atoms with Crippen LogP contribution in [-0.4, -0.2) is 18.2 Å². The standard InChI is InChI=1S/C11H16N2O3/c1-6(2)7-4-10(16-3)8(5-9(7)14)13-11(12)15/h4-6,14H,1-3H3,(H3,12,13,15). The number of rotatable bonds is 3. The molecule has 0 aromatic heterocycles. The molecule has 0 fully saturated rings. The van der Waals surface area contributed by atoms with E-state index in [0.717, 1.165) is 5.56 Å². The van der Waals surface area contributed by atoms with Gasteiger partial charge >= 0.3 is 6.03 Å². The summed E-state index contributed by atoms with van der Waals surface area (Å²) in [7, 11) is 1.49. The highest BCUT2D eigenvalue weighted by Gasteiger charge is 2.13. The molecule has 0 aliphatic carbocycles. The molecule has 88 valence electrons. The summed E-state index contributed by atoms with van der Waals surface area (Å²) in [5, 5.41) is 12.1. The molecule has 1 aromatic carbocycles. The van der Waals surface area contributed by atoms with Crippen molar-refractivity contribution in [3.63, 3.8) is 0 Å². The number of hydrogen-bond donors (Lipinski definition) is 3. The molecule has 1 aromatic rings. The molecule has 0 bridgehead atoms. The molecule has 0 aliphatic heterocycles. The maximum atomic E-state index is 10.7. The van der Waals surface area contributed by atoms with Crippen molar-refractivity contribution in [3.05, 3.63) is 17.7 Å². The predicted octanol–water partition coefficient (Wildman–Crippen LogP) is 2.01. The van der Waals surface area contributed by atoms with Crippen molar-refractivity contribution in [2.75, 3.05) is 12.4 Å². The Morgan fingerprint density at radius 1 is 1.50 bits per heavy atom. The molecule has 0 unspecified atom stereocenters. The number of carbonyl (C=O) groups excluding carboxylic acids is 1. The highest BCUT2D eigenvalue weighted by molar-refractivity contribution is 5.90. The third-order valence-electron chi connectivity index (χ3n) is 2.23. The number of primary amides is 1. The van der Waals surface area contributed by atoms with Crippen molar-refractivity contribution in [2.45, 2.75) is 19.8 Å². The molecule has 0 saturated carbocycles. The van der Waals surface area contributed by atoms with Crippen LogP contribution in [-0.2, 0) is 0 Å². The molecule has 0 aliphatic rings. The van der Waals surface area contributed by atoms with Gasteiger partial charge in [-0.25, -0.2) is 4.79 Å². The molecule has 0 radical (unpaired) electrons. The molecule has 2 amide bonds. The number of nitrogens with one attached hydrogen (secondary N) is 1. The minimum atomic E-state index is -0.699. The van der Waals surface area contributed by atoms with Crippen molar-refractivity contribution in [2.24, 2.45) is 5.73 Å². The highest BCUT2D eigenvalue weighted by Crippen LogP contribution is 2.35. The molecule has 0 heterocycles. The fraction of sp³-hybridized carbons (Fsp3) is 0.364. The van der Waals surface area contributed by atoms with Crippen LogP contribution in [0.4, 0.5) is 10.5 Å². The van der Waals surface area contributed by atoms with Crippen LogP contribution in [0.15, 0.2) is 12.1 Å². The van der Waals surface area contributed by atoms with Crippen molar-refractivity contribution in [1.82, 2.24) is 0 Å². The smallest absolute Gasteiger partial charge is 0.316 e. The summed E-state index contributed by atoms with van der Waals surface area (Å²) in [6.07, 6.45) is 0.